The molecule has 2 N–H and O–H groups in total. The van der Waals surface area contributed by atoms with Gasteiger partial charge in [0.05, 0.1) is 12.7 Å². The number of nitrogens with zero attached hydrogens (tertiary/aromatic N) is 1. The molecular weight excluding hydrogens is 469 g/mol. The van der Waals surface area contributed by atoms with Gasteiger partial charge in [-0.2, -0.15) is 18.4 Å². The molecule has 0 radical (unpaired) electrons. The van der Waals surface area contributed by atoms with E-state index >= 15 is 0 Å². The third-order valence-corrected chi connectivity index (χ3v) is 4.77. The molecule has 0 aliphatic carbocycles. The van der Waals surface area contributed by atoms with Crippen LogP contribution in [0.2, 0.25) is 0 Å². The van der Waals surface area contributed by atoms with Crippen molar-refractivity contribution in [1.82, 2.24) is 0 Å². The maximum Gasteiger partial charge on any atom is 0.446 e. The second kappa shape index (κ2) is 11.7. The summed E-state index contributed by atoms with van der Waals surface area (Å²) in [6.07, 6.45) is 0. The van der Waals surface area contributed by atoms with Crippen molar-refractivity contribution in [2.75, 3.05) is 6.61 Å². The van der Waals surface area contributed by atoms with Crippen molar-refractivity contribution >= 4 is 17.7 Å². The molecule has 1 unspecified atom stereocenters. The molecule has 0 aliphatic heterocycles. The van der Waals surface area contributed by atoms with Crippen LogP contribution in [-0.2, 0) is 22.5 Å². The van der Waals surface area contributed by atoms with Crippen LogP contribution in [0.3, 0.4) is 0 Å². The average molecular weight is 488 g/mol. The van der Waals surface area contributed by atoms with E-state index in [1.165, 1.54) is 13.0 Å². The molecule has 3 rings (SSSR count). The molecule has 3 aromatic rings. The largest absolute Gasteiger partial charge is 0.748 e. The van der Waals surface area contributed by atoms with Gasteiger partial charge in [0.1, 0.15) is 5.41 Å². The Bertz CT molecular complexity index is 966. The van der Waals surface area contributed by atoms with E-state index in [0.29, 0.717) is 5.75 Å². The van der Waals surface area contributed by atoms with Crippen LogP contribution in [-0.4, -0.2) is 18.0 Å². The Hall–Kier alpha value is -2.66. The molecule has 0 fully saturated rings. The van der Waals surface area contributed by atoms with Crippen LogP contribution < -0.4 is 10.5 Å². The monoisotopic (exact) mass is 488 g/mol. The first kappa shape index (κ1) is 26.4. The Morgan fingerprint density at radius 1 is 1.19 bits per heavy atom. The van der Waals surface area contributed by atoms with Crippen LogP contribution in [0.25, 0.3) is 0 Å². The molecule has 31 heavy (non-hydrogen) atoms. The predicted octanol–water partition coefficient (Wildman–Crippen LogP) is 5.38. The Labute approximate surface area is 193 Å². The Balaban J connectivity index is 0.000000701. The summed E-state index contributed by atoms with van der Waals surface area (Å²) in [4.78, 5) is 11.5. The van der Waals surface area contributed by atoms with E-state index in [9.17, 15) is 23.2 Å². The number of carbonyl (C=O) groups excluding carboxylic acids is 1. The van der Waals surface area contributed by atoms with Crippen LogP contribution in [0, 0.1) is 11.3 Å². The Morgan fingerprint density at radius 2 is 1.74 bits per heavy atom. The molecule has 0 spiro atoms. The summed E-state index contributed by atoms with van der Waals surface area (Å²) in [7, 11) is 0. The van der Waals surface area contributed by atoms with E-state index in [-0.39, 0.29) is 51.5 Å². The maximum absolute atomic E-state index is 12.6. The zero-order chi connectivity index (χ0) is 22.2. The number of ether oxygens (including phenoxy) is 1. The molecule has 170 valence electrons. The van der Waals surface area contributed by atoms with Gasteiger partial charge in [-0.3, -0.25) is 4.79 Å². The molecule has 0 saturated carbocycles. The SMILES string of the molecule is CC(C#N)(CO[c-]1cccc1)c1cc(SC(F)(F)F)ccc1C(N)=O.[Fe].[cH-]1[cH-][cH-][cH-][cH-]1. The number of thioether (sulfide) groups is 1. The summed E-state index contributed by atoms with van der Waals surface area (Å²) in [6.45, 7) is 1.34. The fourth-order valence-corrected chi connectivity index (χ4v) is 3.14. The summed E-state index contributed by atoms with van der Waals surface area (Å²) in [5.74, 6) is -0.309. The van der Waals surface area contributed by atoms with Gasteiger partial charge in [-0.25, -0.2) is 12.1 Å². The van der Waals surface area contributed by atoms with Gasteiger partial charge in [-0.15, -0.1) is 12.1 Å². The number of carbonyl (C=O) groups is 1. The first-order valence-corrected chi connectivity index (χ1v) is 9.59. The van der Waals surface area contributed by atoms with Crippen LogP contribution in [0.1, 0.15) is 22.8 Å². The van der Waals surface area contributed by atoms with Gasteiger partial charge in [-0.1, -0.05) is 0 Å². The van der Waals surface area contributed by atoms with Crippen molar-refractivity contribution < 1.29 is 39.8 Å². The van der Waals surface area contributed by atoms with Gasteiger partial charge in [0.15, 0.2) is 0 Å². The fourth-order valence-electron chi connectivity index (χ4n) is 2.56. The number of alkyl halides is 3. The third-order valence-electron chi connectivity index (χ3n) is 4.05. The van der Waals surface area contributed by atoms with Crippen molar-refractivity contribution in [1.29, 1.82) is 5.26 Å². The smallest absolute Gasteiger partial charge is 0.446 e. The predicted molar refractivity (Wildman–Crippen MR) is 109 cm³/mol. The minimum atomic E-state index is -4.49. The van der Waals surface area contributed by atoms with Crippen LogP contribution in [0.15, 0.2) is 77.7 Å². The van der Waals surface area contributed by atoms with E-state index < -0.39 is 16.8 Å². The first-order valence-electron chi connectivity index (χ1n) is 8.77. The van der Waals surface area contributed by atoms with Gasteiger partial charge in [0.2, 0.25) is 5.91 Å². The van der Waals surface area contributed by atoms with Crippen LogP contribution in [0.4, 0.5) is 13.2 Å². The molecule has 0 saturated heterocycles. The van der Waals surface area contributed by atoms with E-state index in [4.69, 9.17) is 10.5 Å². The first-order chi connectivity index (χ1) is 14.1. The molecule has 0 heterocycles. The minimum Gasteiger partial charge on any atom is -0.748 e. The molecular formula is C22H19F3FeN2O2S-6. The fraction of sp³-hybridized carbons (Fsp3) is 0.182. The number of primary amides is 1. The number of benzene rings is 1. The van der Waals surface area contributed by atoms with E-state index in [2.05, 4.69) is 0 Å². The third kappa shape index (κ3) is 8.17. The van der Waals surface area contributed by atoms with Crippen molar-refractivity contribution in [3.63, 3.8) is 0 Å². The quantitative estimate of drug-likeness (QED) is 0.287. The summed E-state index contributed by atoms with van der Waals surface area (Å²) in [6, 6.07) is 22.4. The Morgan fingerprint density at radius 3 is 2.19 bits per heavy atom. The average Bonchev–Trinajstić information content (AvgIpc) is 3.41. The molecule has 0 aromatic heterocycles. The van der Waals surface area contributed by atoms with E-state index in [1.54, 1.807) is 24.3 Å². The Kier molecular flexibility index (Phi) is 9.92. The van der Waals surface area contributed by atoms with Crippen molar-refractivity contribution in [3.8, 4) is 11.8 Å². The summed E-state index contributed by atoms with van der Waals surface area (Å²) in [5.41, 5.74) is -0.439. The summed E-state index contributed by atoms with van der Waals surface area (Å²) >= 11 is -0.325. The minimum absolute atomic E-state index is 0. The number of hydrogen-bond acceptors (Lipinski definition) is 4. The van der Waals surface area contributed by atoms with Crippen molar-refractivity contribution in [3.05, 3.63) is 83.9 Å². The van der Waals surface area contributed by atoms with Gasteiger partial charge in [-0.05, 0) is 42.4 Å². The molecule has 1 amide bonds. The molecule has 0 aliphatic rings. The number of nitrogens with two attached hydrogens (primary N) is 1. The van der Waals surface area contributed by atoms with E-state index in [1.807, 2.05) is 36.4 Å². The number of nitriles is 1. The number of hydrogen-bond donors (Lipinski definition) is 1. The van der Waals surface area contributed by atoms with Crippen LogP contribution >= 0.6 is 11.8 Å². The molecule has 9 heteroatoms. The van der Waals surface area contributed by atoms with Gasteiger partial charge in [0.25, 0.3) is 0 Å². The van der Waals surface area contributed by atoms with Crippen molar-refractivity contribution in [2.24, 2.45) is 5.73 Å². The second-order valence-corrected chi connectivity index (χ2v) is 7.57. The summed E-state index contributed by atoms with van der Waals surface area (Å²) in [5, 5.41) is 9.59. The van der Waals surface area contributed by atoms with Gasteiger partial charge >= 0.3 is 5.51 Å². The van der Waals surface area contributed by atoms with Gasteiger partial charge < -0.3 is 40.8 Å². The standard InChI is InChI=1S/C17H14F3N2O2S.C5H5.Fe/c1-16(9-21,10-24-11-4-2-3-5-11)14-8-12(25-17(18,19)20)6-7-13(14)15(22)23;1-2-4-5-3-1;/h2-8H,10H2,1H3,(H2,22,23);1-5H;/q-1;-5;. The normalized spacial score (nSPS) is 12.4. The number of rotatable bonds is 6. The maximum atomic E-state index is 12.6. The number of halogens is 3. The zero-order valence-corrected chi connectivity index (χ0v) is 18.3. The molecule has 1 atom stereocenters. The zero-order valence-electron chi connectivity index (χ0n) is 16.4. The molecule has 3 aromatic carbocycles. The van der Waals surface area contributed by atoms with E-state index in [0.717, 1.165) is 12.1 Å². The summed E-state index contributed by atoms with van der Waals surface area (Å²) < 4.78 is 43.4. The van der Waals surface area contributed by atoms with Crippen molar-refractivity contribution in [2.45, 2.75) is 22.7 Å². The molecule has 4 nitrogen and oxygen atoms in total. The topological polar surface area (TPSA) is 76.1 Å². The van der Waals surface area contributed by atoms with Gasteiger partial charge in [0, 0.05) is 33.3 Å². The molecule has 0 bridgehead atoms. The van der Waals surface area contributed by atoms with Crippen LogP contribution in [0.5, 0.6) is 5.75 Å². The number of amides is 1. The second-order valence-electron chi connectivity index (χ2n) is 6.43.